The number of carbonyl (C=O) groups is 1. The Morgan fingerprint density at radius 1 is 1.33 bits per heavy atom. The highest BCUT2D eigenvalue weighted by Crippen LogP contribution is 2.40. The van der Waals surface area contributed by atoms with Crippen molar-refractivity contribution in [2.75, 3.05) is 19.1 Å². The maximum atomic E-state index is 12.5. The summed E-state index contributed by atoms with van der Waals surface area (Å²) in [5, 5.41) is 38.2. The number of hydrogen-bond donors (Lipinski definition) is 4. The maximum absolute atomic E-state index is 12.5. The highest BCUT2D eigenvalue weighted by molar-refractivity contribution is 5.75. The molecule has 0 amide bonds. The molecule has 0 radical (unpaired) electrons. The van der Waals surface area contributed by atoms with Crippen LogP contribution in [0.15, 0.2) is 18.5 Å². The Bertz CT molecular complexity index is 1080. The van der Waals surface area contributed by atoms with Crippen molar-refractivity contribution in [3.8, 4) is 6.07 Å². The molecule has 5 atom stereocenters. The van der Waals surface area contributed by atoms with E-state index in [4.69, 9.17) is 19.9 Å². The predicted molar refractivity (Wildman–Crippen MR) is 127 cm³/mol. The van der Waals surface area contributed by atoms with Crippen molar-refractivity contribution in [1.82, 2.24) is 19.9 Å². The Hall–Kier alpha value is -2.82. The Labute approximate surface area is 209 Å². The number of carbonyl (C=O) groups excluding carboxylic acids is 1. The predicted octanol–water partition coefficient (Wildman–Crippen LogP) is 0.975. The van der Waals surface area contributed by atoms with E-state index in [-0.39, 0.29) is 31.2 Å². The molecule has 0 spiro atoms. The van der Waals surface area contributed by atoms with Gasteiger partial charge in [-0.3, -0.25) is 10.1 Å². The third-order valence-electron chi connectivity index (χ3n) is 6.94. The highest BCUT2D eigenvalue weighted by Gasteiger charge is 2.56. The number of ether oxygens (including phenoxy) is 3. The summed E-state index contributed by atoms with van der Waals surface area (Å²) >= 11 is 0. The number of nitrogen functional groups attached to an aromatic ring is 1. The van der Waals surface area contributed by atoms with Crippen molar-refractivity contribution in [1.29, 1.82) is 5.26 Å². The number of aliphatic hydroxyl groups excluding tert-OH is 2. The first-order valence-corrected chi connectivity index (χ1v) is 12.4. The van der Waals surface area contributed by atoms with Crippen LogP contribution in [-0.2, 0) is 19.0 Å². The molecule has 2 aromatic heterocycles. The van der Waals surface area contributed by atoms with Gasteiger partial charge in [0, 0.05) is 0 Å². The van der Waals surface area contributed by atoms with Gasteiger partial charge in [0.05, 0.1) is 19.0 Å². The van der Waals surface area contributed by atoms with Crippen molar-refractivity contribution in [3.05, 3.63) is 24.2 Å². The van der Waals surface area contributed by atoms with Crippen molar-refractivity contribution in [3.63, 3.8) is 0 Å². The van der Waals surface area contributed by atoms with Gasteiger partial charge in [0.2, 0.25) is 5.60 Å². The van der Waals surface area contributed by atoms with Crippen LogP contribution < -0.4 is 11.1 Å². The first-order chi connectivity index (χ1) is 17.4. The molecule has 0 aromatic carbocycles. The van der Waals surface area contributed by atoms with Gasteiger partial charge in [-0.1, -0.05) is 19.3 Å². The van der Waals surface area contributed by atoms with Crippen molar-refractivity contribution < 1.29 is 29.2 Å². The molecular formula is C24H34N6O6. The largest absolute Gasteiger partial charge is 0.461 e. The number of hydrogen-bond acceptors (Lipinski definition) is 11. The van der Waals surface area contributed by atoms with Gasteiger partial charge in [-0.15, -0.1) is 0 Å². The standard InChI is InChI=1S/C24H34N6O6/c1-15(23(33)35-16-7-5-3-2-4-6-8-16)28-14-34-12-24(11-25)21(32)19(31)20(36-24)17-9-10-18-22(26)27-13-29-30(17)18/h9-10,13,15-16,19-21,28,31-32H,2-8,12,14H2,1H3,(H2,26,27,29)/t15-,19-,20-,21-,24+/m0/s1. The molecule has 2 fully saturated rings. The zero-order valence-electron chi connectivity index (χ0n) is 20.4. The summed E-state index contributed by atoms with van der Waals surface area (Å²) in [5.74, 6) is -0.111. The van der Waals surface area contributed by atoms with Gasteiger partial charge in [0.15, 0.2) is 5.82 Å². The number of nitriles is 1. The SMILES string of the molecule is C[C@H](NCOC[C@@]1(C#N)O[C@@H](c2ccc3c(N)ncnn23)[C@H](O)[C@@H]1O)C(=O)OC1CCCCCCC1. The van der Waals surface area contributed by atoms with Crippen LogP contribution in [0.1, 0.15) is 63.7 Å². The molecule has 36 heavy (non-hydrogen) atoms. The second-order valence-corrected chi connectivity index (χ2v) is 9.50. The zero-order chi connectivity index (χ0) is 25.7. The lowest BCUT2D eigenvalue weighted by Gasteiger charge is -2.25. The van der Waals surface area contributed by atoms with Gasteiger partial charge in [0.25, 0.3) is 0 Å². The monoisotopic (exact) mass is 502 g/mol. The lowest BCUT2D eigenvalue weighted by molar-refractivity contribution is -0.153. The van der Waals surface area contributed by atoms with Crippen molar-refractivity contribution in [2.24, 2.45) is 0 Å². The molecule has 2 aliphatic rings. The van der Waals surface area contributed by atoms with Crippen LogP contribution >= 0.6 is 0 Å². The smallest absolute Gasteiger partial charge is 0.323 e. The van der Waals surface area contributed by atoms with Crippen LogP contribution in [0.25, 0.3) is 5.52 Å². The number of nitrogens with one attached hydrogen (secondary N) is 1. The lowest BCUT2D eigenvalue weighted by atomic mass is 9.96. The van der Waals surface area contributed by atoms with E-state index in [1.54, 1.807) is 19.1 Å². The molecule has 1 aliphatic carbocycles. The zero-order valence-corrected chi connectivity index (χ0v) is 20.4. The van der Waals surface area contributed by atoms with Gasteiger partial charge in [-0.05, 0) is 44.7 Å². The van der Waals surface area contributed by atoms with E-state index in [0.717, 1.165) is 25.7 Å². The van der Waals surface area contributed by atoms with E-state index < -0.39 is 30.0 Å². The van der Waals surface area contributed by atoms with Gasteiger partial charge >= 0.3 is 5.97 Å². The van der Waals surface area contributed by atoms with E-state index in [0.29, 0.717) is 11.2 Å². The van der Waals surface area contributed by atoms with E-state index in [9.17, 15) is 20.3 Å². The topological polar surface area (TPSA) is 177 Å². The van der Waals surface area contributed by atoms with E-state index in [1.165, 1.54) is 30.1 Å². The summed E-state index contributed by atoms with van der Waals surface area (Å²) in [6, 6.07) is 4.63. The first-order valence-electron chi connectivity index (χ1n) is 12.4. The van der Waals surface area contributed by atoms with Gasteiger partial charge < -0.3 is 30.2 Å². The number of esters is 1. The Kier molecular flexibility index (Phi) is 8.38. The van der Waals surface area contributed by atoms with E-state index >= 15 is 0 Å². The lowest BCUT2D eigenvalue weighted by Crippen LogP contribution is -2.47. The average molecular weight is 503 g/mol. The molecule has 12 nitrogen and oxygen atoms in total. The molecule has 1 aliphatic heterocycles. The molecule has 1 saturated heterocycles. The van der Waals surface area contributed by atoms with Crippen LogP contribution in [0, 0.1) is 11.3 Å². The number of aromatic nitrogens is 3. The fourth-order valence-corrected chi connectivity index (χ4v) is 4.75. The summed E-state index contributed by atoms with van der Waals surface area (Å²) in [7, 11) is 0. The molecule has 5 N–H and O–H groups in total. The third kappa shape index (κ3) is 5.45. The fraction of sp³-hybridized carbons (Fsp3) is 0.667. The summed E-state index contributed by atoms with van der Waals surface area (Å²) in [6.45, 7) is 1.26. The second-order valence-electron chi connectivity index (χ2n) is 9.50. The molecule has 0 bridgehead atoms. The Morgan fingerprint density at radius 3 is 2.78 bits per heavy atom. The number of fused-ring (bicyclic) bond motifs is 1. The Balaban J connectivity index is 1.31. The molecular weight excluding hydrogens is 468 g/mol. The Morgan fingerprint density at radius 2 is 2.06 bits per heavy atom. The molecule has 0 unspecified atom stereocenters. The molecule has 2 aromatic rings. The minimum Gasteiger partial charge on any atom is -0.461 e. The fourth-order valence-electron chi connectivity index (χ4n) is 4.75. The van der Waals surface area contributed by atoms with Gasteiger partial charge in [0.1, 0.15) is 48.4 Å². The number of rotatable bonds is 8. The summed E-state index contributed by atoms with van der Waals surface area (Å²) < 4.78 is 18.5. The van der Waals surface area contributed by atoms with Crippen LogP contribution in [0.3, 0.4) is 0 Å². The van der Waals surface area contributed by atoms with Crippen LogP contribution in [0.4, 0.5) is 5.82 Å². The van der Waals surface area contributed by atoms with Crippen molar-refractivity contribution in [2.45, 2.75) is 87.9 Å². The highest BCUT2D eigenvalue weighted by atomic mass is 16.6. The van der Waals surface area contributed by atoms with Crippen LogP contribution in [0.2, 0.25) is 0 Å². The van der Waals surface area contributed by atoms with E-state index in [1.807, 2.05) is 6.07 Å². The molecule has 3 heterocycles. The average Bonchev–Trinajstić information content (AvgIpc) is 3.39. The molecule has 1 saturated carbocycles. The quantitative estimate of drug-likeness (QED) is 0.230. The third-order valence-corrected chi connectivity index (χ3v) is 6.94. The maximum Gasteiger partial charge on any atom is 0.323 e. The normalized spacial score (nSPS) is 28.3. The second kappa shape index (κ2) is 11.5. The van der Waals surface area contributed by atoms with Crippen LogP contribution in [0.5, 0.6) is 0 Å². The minimum atomic E-state index is -1.82. The summed E-state index contributed by atoms with van der Waals surface area (Å²) in [4.78, 5) is 16.4. The van der Waals surface area contributed by atoms with Gasteiger partial charge in [-0.2, -0.15) is 10.4 Å². The number of nitrogens with zero attached hydrogens (tertiary/aromatic N) is 4. The van der Waals surface area contributed by atoms with Crippen LogP contribution in [-0.4, -0.2) is 74.1 Å². The van der Waals surface area contributed by atoms with E-state index in [2.05, 4.69) is 15.4 Å². The minimum absolute atomic E-state index is 0.0592. The number of anilines is 1. The number of nitrogens with two attached hydrogens (primary N) is 1. The summed E-state index contributed by atoms with van der Waals surface area (Å²) in [5.41, 5.74) is 4.96. The molecule has 12 heteroatoms. The number of aliphatic hydroxyl groups is 2. The molecule has 196 valence electrons. The first kappa shape index (κ1) is 26.2. The van der Waals surface area contributed by atoms with Gasteiger partial charge in [-0.25, -0.2) is 9.50 Å². The molecule has 4 rings (SSSR count). The van der Waals surface area contributed by atoms with Crippen molar-refractivity contribution >= 4 is 17.3 Å². The summed E-state index contributed by atoms with van der Waals surface area (Å²) in [6.07, 6.45) is 4.67.